The normalized spacial score (nSPS) is 18.9. The average molecular weight is 407 g/mol. The van der Waals surface area contributed by atoms with Crippen LogP contribution in [0.4, 0.5) is 0 Å². The fourth-order valence-corrected chi connectivity index (χ4v) is 3.52. The molecule has 7 nitrogen and oxygen atoms in total. The number of carbonyl (C=O) groups excluding carboxylic acids is 1. The van der Waals surface area contributed by atoms with Crippen molar-refractivity contribution in [1.82, 2.24) is 15.3 Å². The molecule has 156 valence electrons. The lowest BCUT2D eigenvalue weighted by Gasteiger charge is -2.28. The van der Waals surface area contributed by atoms with E-state index in [1.54, 1.807) is 12.5 Å². The van der Waals surface area contributed by atoms with Crippen LogP contribution in [0.3, 0.4) is 0 Å². The van der Waals surface area contributed by atoms with Crippen molar-refractivity contribution in [1.29, 1.82) is 0 Å². The lowest BCUT2D eigenvalue weighted by molar-refractivity contribution is -0.0261. The zero-order valence-electron chi connectivity index (χ0n) is 17.1. The van der Waals surface area contributed by atoms with Crippen molar-refractivity contribution in [3.8, 4) is 11.3 Å². The Kier molecular flexibility index (Phi) is 5.92. The van der Waals surface area contributed by atoms with Gasteiger partial charge in [-0.05, 0) is 42.5 Å². The van der Waals surface area contributed by atoms with E-state index in [0.29, 0.717) is 31.0 Å². The first-order valence-corrected chi connectivity index (χ1v) is 10.0. The van der Waals surface area contributed by atoms with Crippen LogP contribution in [0.25, 0.3) is 11.3 Å². The highest BCUT2D eigenvalue weighted by atomic mass is 16.5. The van der Waals surface area contributed by atoms with E-state index in [0.717, 1.165) is 27.9 Å². The van der Waals surface area contributed by atoms with Crippen LogP contribution in [0.2, 0.25) is 0 Å². The van der Waals surface area contributed by atoms with Crippen LogP contribution >= 0.6 is 0 Å². The van der Waals surface area contributed by atoms with E-state index < -0.39 is 6.10 Å². The molecular formula is C23H25N3O4. The number of aliphatic hydroxyl groups excluding tert-OH is 1. The first-order chi connectivity index (χ1) is 14.5. The summed E-state index contributed by atoms with van der Waals surface area (Å²) in [6, 6.07) is 9.65. The van der Waals surface area contributed by atoms with Crippen LogP contribution < -0.4 is 5.32 Å². The highest BCUT2D eigenvalue weighted by molar-refractivity contribution is 5.92. The van der Waals surface area contributed by atoms with Crippen molar-refractivity contribution in [3.63, 3.8) is 0 Å². The Morgan fingerprint density at radius 3 is 2.77 bits per heavy atom. The van der Waals surface area contributed by atoms with E-state index in [9.17, 15) is 9.90 Å². The van der Waals surface area contributed by atoms with Crippen LogP contribution in [0.1, 0.15) is 39.5 Å². The summed E-state index contributed by atoms with van der Waals surface area (Å²) in [6.45, 7) is 4.57. The number of hydrogen-bond donors (Lipinski definition) is 2. The van der Waals surface area contributed by atoms with E-state index in [1.165, 1.54) is 0 Å². The van der Waals surface area contributed by atoms with Crippen molar-refractivity contribution in [2.24, 2.45) is 0 Å². The van der Waals surface area contributed by atoms with Crippen LogP contribution in [0.15, 0.2) is 47.2 Å². The predicted molar refractivity (Wildman–Crippen MR) is 111 cm³/mol. The van der Waals surface area contributed by atoms with Crippen LogP contribution in [0, 0.1) is 13.8 Å². The van der Waals surface area contributed by atoms with Gasteiger partial charge in [0.25, 0.3) is 5.91 Å². The zero-order valence-corrected chi connectivity index (χ0v) is 17.1. The largest absolute Gasteiger partial charge is 0.449 e. The molecule has 0 aliphatic carbocycles. The molecule has 4 rings (SSSR count). The Balaban J connectivity index is 1.47. The second kappa shape index (κ2) is 8.77. The van der Waals surface area contributed by atoms with Gasteiger partial charge in [-0.15, -0.1) is 0 Å². The second-order valence-corrected chi connectivity index (χ2v) is 7.63. The molecule has 30 heavy (non-hydrogen) atoms. The molecule has 3 aromatic rings. The standard InChI is InChI=1S/C23H25N3O4/c1-14-11-24-20(23(28)26-19-7-8-29-13-22(19)27)10-18(14)9-16-3-5-17(6-4-16)21-12-30-15(2)25-21/h3-6,10-12,19,22,27H,7-9,13H2,1-2H3,(H,26,28). The molecule has 1 aromatic carbocycles. The van der Waals surface area contributed by atoms with Crippen molar-refractivity contribution < 1.29 is 19.1 Å². The number of benzene rings is 1. The quantitative estimate of drug-likeness (QED) is 0.675. The van der Waals surface area contributed by atoms with Gasteiger partial charge in [-0.25, -0.2) is 4.98 Å². The summed E-state index contributed by atoms with van der Waals surface area (Å²) < 4.78 is 10.5. The van der Waals surface area contributed by atoms with E-state index in [4.69, 9.17) is 9.15 Å². The molecule has 1 fully saturated rings. The molecule has 0 bridgehead atoms. The van der Waals surface area contributed by atoms with Crippen LogP contribution in [-0.4, -0.2) is 46.3 Å². The van der Waals surface area contributed by atoms with Gasteiger partial charge in [0.15, 0.2) is 5.89 Å². The number of carbonyl (C=O) groups is 1. The fourth-order valence-electron chi connectivity index (χ4n) is 3.52. The minimum Gasteiger partial charge on any atom is -0.449 e. The van der Waals surface area contributed by atoms with Crippen molar-refractivity contribution in [3.05, 3.63) is 71.1 Å². The van der Waals surface area contributed by atoms with Gasteiger partial charge in [0, 0.05) is 25.3 Å². The van der Waals surface area contributed by atoms with Gasteiger partial charge in [0.1, 0.15) is 17.7 Å². The molecule has 0 saturated carbocycles. The third kappa shape index (κ3) is 4.58. The molecule has 0 radical (unpaired) electrons. The SMILES string of the molecule is Cc1nc(-c2ccc(Cc3cc(C(=O)NC4CCOCC4O)ncc3C)cc2)co1. The maximum atomic E-state index is 12.6. The van der Waals surface area contributed by atoms with Crippen LogP contribution in [-0.2, 0) is 11.2 Å². The average Bonchev–Trinajstić information content (AvgIpc) is 3.18. The Morgan fingerprint density at radius 2 is 2.07 bits per heavy atom. The summed E-state index contributed by atoms with van der Waals surface area (Å²) in [7, 11) is 0. The fraction of sp³-hybridized carbons (Fsp3) is 0.348. The molecule has 2 unspecified atom stereocenters. The maximum Gasteiger partial charge on any atom is 0.270 e. The number of rotatable bonds is 5. The maximum absolute atomic E-state index is 12.6. The first kappa shape index (κ1) is 20.3. The van der Waals surface area contributed by atoms with E-state index in [-0.39, 0.29) is 18.6 Å². The lowest BCUT2D eigenvalue weighted by Crippen LogP contribution is -2.48. The summed E-state index contributed by atoms with van der Waals surface area (Å²) in [6.07, 6.45) is 3.95. The molecule has 1 amide bonds. The summed E-state index contributed by atoms with van der Waals surface area (Å²) in [5, 5.41) is 12.9. The third-order valence-electron chi connectivity index (χ3n) is 5.35. The number of ether oxygens (including phenoxy) is 1. The monoisotopic (exact) mass is 407 g/mol. The van der Waals surface area contributed by atoms with Gasteiger partial charge >= 0.3 is 0 Å². The minimum absolute atomic E-state index is 0.238. The lowest BCUT2D eigenvalue weighted by atomic mass is 9.99. The Hall–Kier alpha value is -3.03. The Bertz CT molecular complexity index is 1030. The Labute approximate surface area is 175 Å². The van der Waals surface area contributed by atoms with E-state index in [1.807, 2.05) is 32.0 Å². The number of nitrogens with zero attached hydrogens (tertiary/aromatic N) is 2. The Morgan fingerprint density at radius 1 is 1.27 bits per heavy atom. The van der Waals surface area contributed by atoms with Crippen molar-refractivity contribution in [2.75, 3.05) is 13.2 Å². The van der Waals surface area contributed by atoms with Gasteiger partial charge in [-0.1, -0.05) is 24.3 Å². The molecule has 2 aromatic heterocycles. The minimum atomic E-state index is -0.695. The molecular weight excluding hydrogens is 382 g/mol. The topological polar surface area (TPSA) is 97.5 Å². The van der Waals surface area contributed by atoms with Gasteiger partial charge < -0.3 is 19.6 Å². The number of nitrogens with one attached hydrogen (secondary N) is 1. The number of pyridine rings is 1. The highest BCUT2D eigenvalue weighted by Crippen LogP contribution is 2.21. The summed E-state index contributed by atoms with van der Waals surface area (Å²) in [5.74, 6) is 0.361. The number of aryl methyl sites for hydroxylation is 2. The van der Waals surface area contributed by atoms with Gasteiger partial charge in [-0.3, -0.25) is 9.78 Å². The number of oxazole rings is 1. The van der Waals surface area contributed by atoms with E-state index in [2.05, 4.69) is 27.4 Å². The summed E-state index contributed by atoms with van der Waals surface area (Å²) in [5.41, 5.74) is 5.34. The van der Waals surface area contributed by atoms with Gasteiger partial charge in [0.2, 0.25) is 0 Å². The summed E-state index contributed by atoms with van der Waals surface area (Å²) >= 11 is 0. The number of aliphatic hydroxyl groups is 1. The molecule has 0 spiro atoms. The molecule has 1 aliphatic rings. The summed E-state index contributed by atoms with van der Waals surface area (Å²) in [4.78, 5) is 21.3. The molecule has 1 aliphatic heterocycles. The van der Waals surface area contributed by atoms with Gasteiger partial charge in [-0.2, -0.15) is 0 Å². The van der Waals surface area contributed by atoms with E-state index >= 15 is 0 Å². The number of aromatic nitrogens is 2. The molecule has 2 N–H and O–H groups in total. The van der Waals surface area contributed by atoms with Gasteiger partial charge in [0.05, 0.1) is 18.8 Å². The third-order valence-corrected chi connectivity index (χ3v) is 5.35. The highest BCUT2D eigenvalue weighted by Gasteiger charge is 2.26. The number of amides is 1. The molecule has 3 heterocycles. The second-order valence-electron chi connectivity index (χ2n) is 7.63. The zero-order chi connectivity index (χ0) is 21.1. The smallest absolute Gasteiger partial charge is 0.270 e. The number of hydrogen-bond acceptors (Lipinski definition) is 6. The molecule has 2 atom stereocenters. The molecule has 1 saturated heterocycles. The first-order valence-electron chi connectivity index (χ1n) is 10.0. The van der Waals surface area contributed by atoms with Crippen molar-refractivity contribution >= 4 is 5.91 Å². The van der Waals surface area contributed by atoms with Crippen LogP contribution in [0.5, 0.6) is 0 Å². The van der Waals surface area contributed by atoms with Crippen molar-refractivity contribution in [2.45, 2.75) is 38.8 Å². The molecule has 7 heteroatoms. The predicted octanol–water partition coefficient (Wildman–Crippen LogP) is 2.82.